The van der Waals surface area contributed by atoms with Gasteiger partial charge in [-0.15, -0.1) is 0 Å². The van der Waals surface area contributed by atoms with Crippen molar-refractivity contribution >= 4 is 5.91 Å². The van der Waals surface area contributed by atoms with Gasteiger partial charge in [0.25, 0.3) is 0 Å². The number of carbonyl (C=O) groups is 1. The molecule has 1 aliphatic carbocycles. The number of hydrogen-bond donors (Lipinski definition) is 2. The van der Waals surface area contributed by atoms with Crippen molar-refractivity contribution in [3.63, 3.8) is 0 Å². The lowest BCUT2D eigenvalue weighted by Gasteiger charge is -2.25. The van der Waals surface area contributed by atoms with Gasteiger partial charge in [-0.1, -0.05) is 33.1 Å². The largest absolute Gasteiger partial charge is 0.356 e. The van der Waals surface area contributed by atoms with Crippen LogP contribution in [0.1, 0.15) is 71.6 Å². The molecule has 1 fully saturated rings. The van der Waals surface area contributed by atoms with E-state index in [4.69, 9.17) is 5.73 Å². The van der Waals surface area contributed by atoms with Gasteiger partial charge in [0.2, 0.25) is 5.91 Å². The van der Waals surface area contributed by atoms with Gasteiger partial charge in [-0.05, 0) is 43.9 Å². The monoisotopic (exact) mass is 268 g/mol. The van der Waals surface area contributed by atoms with E-state index < -0.39 is 0 Å². The van der Waals surface area contributed by atoms with E-state index in [0.29, 0.717) is 24.3 Å². The van der Waals surface area contributed by atoms with Crippen molar-refractivity contribution in [3.8, 4) is 0 Å². The lowest BCUT2D eigenvalue weighted by molar-refractivity contribution is -0.122. The zero-order valence-electron chi connectivity index (χ0n) is 12.8. The average Bonchev–Trinajstić information content (AvgIpc) is 2.42. The minimum atomic E-state index is 0.246. The third kappa shape index (κ3) is 6.95. The summed E-state index contributed by atoms with van der Waals surface area (Å²) in [6.45, 7) is 5.30. The van der Waals surface area contributed by atoms with Gasteiger partial charge in [-0.3, -0.25) is 4.79 Å². The molecule has 0 radical (unpaired) electrons. The van der Waals surface area contributed by atoms with E-state index in [1.54, 1.807) is 0 Å². The summed E-state index contributed by atoms with van der Waals surface area (Å²) in [4.78, 5) is 11.9. The summed E-state index contributed by atoms with van der Waals surface area (Å²) < 4.78 is 0. The first-order chi connectivity index (χ1) is 9.15. The van der Waals surface area contributed by atoms with Crippen LogP contribution < -0.4 is 11.1 Å². The van der Waals surface area contributed by atoms with Crippen LogP contribution in [-0.4, -0.2) is 18.5 Å². The van der Waals surface area contributed by atoms with Gasteiger partial charge in [-0.25, -0.2) is 0 Å². The normalized spacial score (nSPS) is 25.0. The second kappa shape index (κ2) is 9.35. The van der Waals surface area contributed by atoms with E-state index in [1.807, 2.05) is 0 Å². The maximum Gasteiger partial charge on any atom is 0.220 e. The summed E-state index contributed by atoms with van der Waals surface area (Å²) in [6, 6.07) is 0.373. The molecule has 1 atom stereocenters. The van der Waals surface area contributed by atoms with Gasteiger partial charge in [0, 0.05) is 19.0 Å². The van der Waals surface area contributed by atoms with Crippen LogP contribution >= 0.6 is 0 Å². The third-order valence-corrected chi connectivity index (χ3v) is 4.50. The molecule has 1 amide bonds. The van der Waals surface area contributed by atoms with E-state index in [0.717, 1.165) is 32.2 Å². The van der Waals surface area contributed by atoms with Crippen molar-refractivity contribution in [1.29, 1.82) is 0 Å². The van der Waals surface area contributed by atoms with Crippen LogP contribution in [0.4, 0.5) is 0 Å². The van der Waals surface area contributed by atoms with Crippen LogP contribution in [0.15, 0.2) is 0 Å². The lowest BCUT2D eigenvalue weighted by Crippen LogP contribution is -2.33. The van der Waals surface area contributed by atoms with Gasteiger partial charge in [-0.2, -0.15) is 0 Å². The zero-order valence-corrected chi connectivity index (χ0v) is 12.8. The minimum absolute atomic E-state index is 0.246. The number of nitrogens with one attached hydrogen (secondary N) is 1. The second-order valence-electron chi connectivity index (χ2n) is 6.21. The first kappa shape index (κ1) is 16.5. The Hall–Kier alpha value is -0.570. The quantitative estimate of drug-likeness (QED) is 0.710. The number of rotatable bonds is 8. The fraction of sp³-hybridized carbons (Fsp3) is 0.938. The molecule has 1 unspecified atom stereocenters. The number of hydrogen-bond acceptors (Lipinski definition) is 2. The predicted molar refractivity (Wildman–Crippen MR) is 80.9 cm³/mol. The lowest BCUT2D eigenvalue weighted by atomic mass is 9.84. The molecule has 3 N–H and O–H groups in total. The third-order valence-electron chi connectivity index (χ3n) is 4.50. The summed E-state index contributed by atoms with van der Waals surface area (Å²) in [5, 5.41) is 3.13. The average molecular weight is 268 g/mol. The van der Waals surface area contributed by atoms with Crippen LogP contribution in [0.2, 0.25) is 0 Å². The SMILES string of the molecule is CCCCC(CC)CNC(=O)CC1CCC(N)CC1. The Morgan fingerprint density at radius 2 is 1.95 bits per heavy atom. The van der Waals surface area contributed by atoms with Crippen LogP contribution in [0, 0.1) is 11.8 Å². The molecule has 0 bridgehead atoms. The highest BCUT2D eigenvalue weighted by atomic mass is 16.1. The van der Waals surface area contributed by atoms with Crippen LogP contribution in [-0.2, 0) is 4.79 Å². The van der Waals surface area contributed by atoms with Gasteiger partial charge in [0.15, 0.2) is 0 Å². The molecular formula is C16H32N2O. The highest BCUT2D eigenvalue weighted by Gasteiger charge is 2.21. The molecule has 1 saturated carbocycles. The van der Waals surface area contributed by atoms with E-state index in [1.165, 1.54) is 25.7 Å². The van der Waals surface area contributed by atoms with E-state index in [-0.39, 0.29) is 5.91 Å². The molecule has 0 aromatic heterocycles. The van der Waals surface area contributed by atoms with E-state index in [2.05, 4.69) is 19.2 Å². The standard InChI is InChI=1S/C16H32N2O/c1-3-5-6-13(4-2)12-18-16(19)11-14-7-9-15(17)10-8-14/h13-15H,3-12,17H2,1-2H3,(H,18,19). The Morgan fingerprint density at radius 3 is 2.53 bits per heavy atom. The highest BCUT2D eigenvalue weighted by Crippen LogP contribution is 2.25. The number of unbranched alkanes of at least 4 members (excludes halogenated alkanes) is 1. The number of amides is 1. The van der Waals surface area contributed by atoms with E-state index >= 15 is 0 Å². The van der Waals surface area contributed by atoms with Gasteiger partial charge in [0.1, 0.15) is 0 Å². The van der Waals surface area contributed by atoms with Crippen molar-refractivity contribution in [2.75, 3.05) is 6.54 Å². The Morgan fingerprint density at radius 1 is 1.26 bits per heavy atom. The molecule has 112 valence electrons. The maximum absolute atomic E-state index is 11.9. The first-order valence-electron chi connectivity index (χ1n) is 8.17. The van der Waals surface area contributed by atoms with Crippen LogP contribution in [0.3, 0.4) is 0 Å². The number of nitrogens with two attached hydrogens (primary N) is 1. The van der Waals surface area contributed by atoms with Crippen LogP contribution in [0.5, 0.6) is 0 Å². The van der Waals surface area contributed by atoms with Gasteiger partial charge >= 0.3 is 0 Å². The Labute approximate surface area is 118 Å². The molecule has 0 aromatic carbocycles. The summed E-state index contributed by atoms with van der Waals surface area (Å²) in [7, 11) is 0. The van der Waals surface area contributed by atoms with Crippen molar-refractivity contribution < 1.29 is 4.79 Å². The Balaban J connectivity index is 2.16. The van der Waals surface area contributed by atoms with Crippen molar-refractivity contribution in [1.82, 2.24) is 5.32 Å². The topological polar surface area (TPSA) is 55.1 Å². The van der Waals surface area contributed by atoms with Crippen molar-refractivity contribution in [3.05, 3.63) is 0 Å². The van der Waals surface area contributed by atoms with Crippen molar-refractivity contribution in [2.24, 2.45) is 17.6 Å². The Bertz CT molecular complexity index is 247. The van der Waals surface area contributed by atoms with Gasteiger partial charge in [0.05, 0.1) is 0 Å². The highest BCUT2D eigenvalue weighted by molar-refractivity contribution is 5.76. The molecule has 0 aromatic rings. The molecular weight excluding hydrogens is 236 g/mol. The maximum atomic E-state index is 11.9. The second-order valence-corrected chi connectivity index (χ2v) is 6.21. The fourth-order valence-corrected chi connectivity index (χ4v) is 2.93. The molecule has 0 aliphatic heterocycles. The molecule has 1 aliphatic rings. The first-order valence-corrected chi connectivity index (χ1v) is 8.17. The molecule has 0 heterocycles. The fourth-order valence-electron chi connectivity index (χ4n) is 2.93. The predicted octanol–water partition coefficient (Wildman–Crippen LogP) is 3.23. The molecule has 3 nitrogen and oxygen atoms in total. The number of carbonyl (C=O) groups excluding carboxylic acids is 1. The summed E-state index contributed by atoms with van der Waals surface area (Å²) in [6.07, 6.45) is 10.1. The molecule has 19 heavy (non-hydrogen) atoms. The molecule has 0 saturated heterocycles. The minimum Gasteiger partial charge on any atom is -0.356 e. The Kier molecular flexibility index (Phi) is 8.11. The molecule has 3 heteroatoms. The van der Waals surface area contributed by atoms with E-state index in [9.17, 15) is 4.79 Å². The summed E-state index contributed by atoms with van der Waals surface area (Å²) in [5.41, 5.74) is 5.89. The van der Waals surface area contributed by atoms with Crippen molar-refractivity contribution in [2.45, 2.75) is 77.7 Å². The smallest absolute Gasteiger partial charge is 0.220 e. The zero-order chi connectivity index (χ0) is 14.1. The summed E-state index contributed by atoms with van der Waals surface area (Å²) in [5.74, 6) is 1.47. The van der Waals surface area contributed by atoms with Crippen LogP contribution in [0.25, 0.3) is 0 Å². The molecule has 1 rings (SSSR count). The molecule has 0 spiro atoms. The summed E-state index contributed by atoms with van der Waals surface area (Å²) >= 11 is 0. The van der Waals surface area contributed by atoms with Gasteiger partial charge < -0.3 is 11.1 Å².